The van der Waals surface area contributed by atoms with Gasteiger partial charge in [-0.25, -0.2) is 4.79 Å². The highest BCUT2D eigenvalue weighted by atomic mass is 35.5. The fourth-order valence-corrected chi connectivity index (χ4v) is 2.52. The molecule has 0 spiro atoms. The van der Waals surface area contributed by atoms with Gasteiger partial charge in [-0.2, -0.15) is 0 Å². The van der Waals surface area contributed by atoms with Crippen LogP contribution in [0.15, 0.2) is 39.6 Å². The number of hydrogen-bond donors (Lipinski definition) is 1. The molecule has 5 heteroatoms. The number of thioether (sulfide) groups is 1. The summed E-state index contributed by atoms with van der Waals surface area (Å²) in [6, 6.07) is 9.09. The van der Waals surface area contributed by atoms with Crippen LogP contribution < -0.4 is 0 Å². The normalized spacial score (nSPS) is 10.6. The Labute approximate surface area is 114 Å². The number of carboxylic acids is 1. The van der Waals surface area contributed by atoms with E-state index in [4.69, 9.17) is 21.1 Å². The van der Waals surface area contributed by atoms with E-state index in [-0.39, 0.29) is 5.76 Å². The van der Waals surface area contributed by atoms with Crippen LogP contribution in [-0.4, -0.2) is 11.1 Å². The van der Waals surface area contributed by atoms with E-state index in [1.165, 1.54) is 0 Å². The van der Waals surface area contributed by atoms with Gasteiger partial charge in [0.05, 0.1) is 0 Å². The summed E-state index contributed by atoms with van der Waals surface area (Å²) in [5.74, 6) is 0.262. The Kier molecular flexibility index (Phi) is 3.99. The average molecular weight is 283 g/mol. The van der Waals surface area contributed by atoms with Crippen LogP contribution in [0.25, 0.3) is 0 Å². The van der Waals surface area contributed by atoms with Crippen molar-refractivity contribution in [2.75, 3.05) is 0 Å². The second-order valence-corrected chi connectivity index (χ2v) is 5.23. The first-order valence-corrected chi connectivity index (χ1v) is 6.63. The van der Waals surface area contributed by atoms with E-state index in [0.29, 0.717) is 16.5 Å². The fraction of sp³-hybridized carbons (Fsp3) is 0.154. The number of carboxylic acid groups (broad SMARTS) is 1. The highest BCUT2D eigenvalue weighted by Gasteiger charge is 2.12. The molecular weight excluding hydrogens is 272 g/mol. The van der Waals surface area contributed by atoms with Gasteiger partial charge in [0.2, 0.25) is 5.76 Å². The van der Waals surface area contributed by atoms with Crippen molar-refractivity contribution >= 4 is 29.3 Å². The fourth-order valence-electron chi connectivity index (χ4n) is 1.46. The standard InChI is InChI=1S/C13H11ClO3S/c1-8-9(6-12(17-8)13(15)16)7-18-11-4-2-10(14)3-5-11/h2-6H,7H2,1H3,(H,15,16). The van der Waals surface area contributed by atoms with Crippen LogP contribution in [0.5, 0.6) is 0 Å². The highest BCUT2D eigenvalue weighted by Crippen LogP contribution is 2.27. The lowest BCUT2D eigenvalue weighted by molar-refractivity contribution is 0.0661. The molecule has 94 valence electrons. The van der Waals surface area contributed by atoms with Gasteiger partial charge >= 0.3 is 5.97 Å². The molecule has 0 unspecified atom stereocenters. The monoisotopic (exact) mass is 282 g/mol. The molecule has 18 heavy (non-hydrogen) atoms. The number of hydrogen-bond acceptors (Lipinski definition) is 3. The topological polar surface area (TPSA) is 50.4 Å². The van der Waals surface area contributed by atoms with Gasteiger partial charge in [0.25, 0.3) is 0 Å². The molecule has 1 N–H and O–H groups in total. The van der Waals surface area contributed by atoms with Crippen LogP contribution in [0.2, 0.25) is 5.02 Å². The Morgan fingerprint density at radius 1 is 1.39 bits per heavy atom. The zero-order valence-corrected chi connectivity index (χ0v) is 11.2. The zero-order valence-electron chi connectivity index (χ0n) is 9.64. The summed E-state index contributed by atoms with van der Waals surface area (Å²) < 4.78 is 5.15. The van der Waals surface area contributed by atoms with Crippen molar-refractivity contribution in [2.45, 2.75) is 17.6 Å². The van der Waals surface area contributed by atoms with Crippen molar-refractivity contribution in [3.05, 3.63) is 52.4 Å². The molecule has 0 aliphatic rings. The first-order valence-electron chi connectivity index (χ1n) is 5.27. The second-order valence-electron chi connectivity index (χ2n) is 3.74. The number of aryl methyl sites for hydroxylation is 1. The number of carbonyl (C=O) groups is 1. The summed E-state index contributed by atoms with van der Waals surface area (Å²) in [6.07, 6.45) is 0. The molecule has 1 aromatic heterocycles. The van der Waals surface area contributed by atoms with Crippen LogP contribution >= 0.6 is 23.4 Å². The summed E-state index contributed by atoms with van der Waals surface area (Å²) in [4.78, 5) is 11.8. The maximum atomic E-state index is 10.8. The molecule has 0 amide bonds. The Bertz CT molecular complexity index is 560. The lowest BCUT2D eigenvalue weighted by Gasteiger charge is -2.00. The predicted octanol–water partition coefficient (Wildman–Crippen LogP) is 4.23. The van der Waals surface area contributed by atoms with Crippen LogP contribution in [0.1, 0.15) is 21.9 Å². The van der Waals surface area contributed by atoms with Crippen molar-refractivity contribution in [3.8, 4) is 0 Å². The molecule has 0 radical (unpaired) electrons. The zero-order chi connectivity index (χ0) is 13.1. The summed E-state index contributed by atoms with van der Waals surface area (Å²) in [6.45, 7) is 1.77. The molecule has 0 fully saturated rings. The Morgan fingerprint density at radius 3 is 2.61 bits per heavy atom. The smallest absolute Gasteiger partial charge is 0.371 e. The molecule has 1 heterocycles. The Morgan fingerprint density at radius 2 is 2.06 bits per heavy atom. The first-order chi connectivity index (χ1) is 8.56. The van der Waals surface area contributed by atoms with E-state index in [0.717, 1.165) is 10.5 Å². The maximum absolute atomic E-state index is 10.8. The Balaban J connectivity index is 2.06. The third kappa shape index (κ3) is 3.09. The highest BCUT2D eigenvalue weighted by molar-refractivity contribution is 7.98. The molecule has 2 aromatic rings. The largest absolute Gasteiger partial charge is 0.475 e. The van der Waals surface area contributed by atoms with Gasteiger partial charge in [-0.3, -0.25) is 0 Å². The predicted molar refractivity (Wildman–Crippen MR) is 71.4 cm³/mol. The first kappa shape index (κ1) is 13.1. The summed E-state index contributed by atoms with van der Waals surface area (Å²) in [5, 5.41) is 9.52. The number of benzene rings is 1. The maximum Gasteiger partial charge on any atom is 0.371 e. The number of furan rings is 1. The van der Waals surface area contributed by atoms with Gasteiger partial charge in [-0.15, -0.1) is 11.8 Å². The van der Waals surface area contributed by atoms with E-state index in [2.05, 4.69) is 0 Å². The van der Waals surface area contributed by atoms with Crippen molar-refractivity contribution in [2.24, 2.45) is 0 Å². The van der Waals surface area contributed by atoms with E-state index in [1.807, 2.05) is 24.3 Å². The minimum Gasteiger partial charge on any atom is -0.475 e. The van der Waals surface area contributed by atoms with Crippen molar-refractivity contribution in [1.29, 1.82) is 0 Å². The van der Waals surface area contributed by atoms with Gasteiger partial charge in [0.1, 0.15) is 5.76 Å². The number of halogens is 1. The molecule has 0 saturated heterocycles. The molecule has 0 aliphatic heterocycles. The molecule has 0 saturated carbocycles. The summed E-state index contributed by atoms with van der Waals surface area (Å²) >= 11 is 7.41. The number of aromatic carboxylic acids is 1. The van der Waals surface area contributed by atoms with Crippen LogP contribution in [-0.2, 0) is 5.75 Å². The van der Waals surface area contributed by atoms with E-state index >= 15 is 0 Å². The Hall–Kier alpha value is -1.39. The lowest BCUT2D eigenvalue weighted by atomic mass is 10.3. The quantitative estimate of drug-likeness (QED) is 0.853. The lowest BCUT2D eigenvalue weighted by Crippen LogP contribution is -1.91. The molecule has 0 aliphatic carbocycles. The van der Waals surface area contributed by atoms with Gasteiger partial charge in [-0.1, -0.05) is 11.6 Å². The van der Waals surface area contributed by atoms with Crippen molar-refractivity contribution in [3.63, 3.8) is 0 Å². The number of rotatable bonds is 4. The van der Waals surface area contributed by atoms with Crippen LogP contribution in [0, 0.1) is 6.92 Å². The van der Waals surface area contributed by atoms with Gasteiger partial charge in [0.15, 0.2) is 0 Å². The molecule has 0 atom stereocenters. The van der Waals surface area contributed by atoms with Gasteiger partial charge in [-0.05, 0) is 37.3 Å². The van der Waals surface area contributed by atoms with Crippen molar-refractivity contribution < 1.29 is 14.3 Å². The van der Waals surface area contributed by atoms with Crippen molar-refractivity contribution in [1.82, 2.24) is 0 Å². The molecule has 3 nitrogen and oxygen atoms in total. The second kappa shape index (κ2) is 5.50. The third-order valence-electron chi connectivity index (χ3n) is 2.44. The third-order valence-corrected chi connectivity index (χ3v) is 3.75. The SMILES string of the molecule is Cc1oc(C(=O)O)cc1CSc1ccc(Cl)cc1. The van der Waals surface area contributed by atoms with Crippen LogP contribution in [0.3, 0.4) is 0 Å². The van der Waals surface area contributed by atoms with Gasteiger partial charge in [0, 0.05) is 21.2 Å². The van der Waals surface area contributed by atoms with Gasteiger partial charge < -0.3 is 9.52 Å². The molecule has 1 aromatic carbocycles. The van der Waals surface area contributed by atoms with Crippen LogP contribution in [0.4, 0.5) is 0 Å². The van der Waals surface area contributed by atoms with E-state index in [9.17, 15) is 4.79 Å². The molecule has 0 bridgehead atoms. The summed E-state index contributed by atoms with van der Waals surface area (Å²) in [5.41, 5.74) is 0.896. The summed E-state index contributed by atoms with van der Waals surface area (Å²) in [7, 11) is 0. The minimum absolute atomic E-state index is 0.0146. The minimum atomic E-state index is -1.04. The molecule has 2 rings (SSSR count). The molecular formula is C13H11ClO3S. The average Bonchev–Trinajstić information content (AvgIpc) is 2.70. The van der Waals surface area contributed by atoms with E-state index < -0.39 is 5.97 Å². The van der Waals surface area contributed by atoms with E-state index in [1.54, 1.807) is 24.8 Å².